The molecule has 22 heavy (non-hydrogen) atoms. The quantitative estimate of drug-likeness (QED) is 0.522. The van der Waals surface area contributed by atoms with E-state index in [-0.39, 0.29) is 49.7 Å². The third-order valence-electron chi connectivity index (χ3n) is 4.95. The summed E-state index contributed by atoms with van der Waals surface area (Å²) in [4.78, 5) is 24.9. The molecule has 1 saturated heterocycles. The summed E-state index contributed by atoms with van der Waals surface area (Å²) in [7, 11) is 1.52. The molecule has 0 amide bonds. The van der Waals surface area contributed by atoms with Crippen LogP contribution in [-0.2, 0) is 33.3 Å². The third-order valence-corrected chi connectivity index (χ3v) is 4.95. The predicted octanol–water partition coefficient (Wildman–Crippen LogP) is 0.507. The van der Waals surface area contributed by atoms with Gasteiger partial charge in [-0.15, -0.1) is 0 Å². The molecule has 124 valence electrons. The highest BCUT2D eigenvalue weighted by Gasteiger charge is 2.67. The van der Waals surface area contributed by atoms with Crippen LogP contribution in [0.1, 0.15) is 19.8 Å². The Morgan fingerprint density at radius 3 is 2.91 bits per heavy atom. The monoisotopic (exact) mass is 314 g/mol. The van der Waals surface area contributed by atoms with Gasteiger partial charge in [-0.1, -0.05) is 0 Å². The molecule has 0 aromatic heterocycles. The number of hydrogen-bond donors (Lipinski definition) is 0. The molecule has 3 fully saturated rings. The Hall–Kier alpha value is -1.02. The maximum Gasteiger partial charge on any atom is 0.312 e. The van der Waals surface area contributed by atoms with Gasteiger partial charge in [-0.25, -0.2) is 0 Å². The van der Waals surface area contributed by atoms with Crippen molar-refractivity contribution in [1.29, 1.82) is 0 Å². The first-order chi connectivity index (χ1) is 10.6. The summed E-state index contributed by atoms with van der Waals surface area (Å²) in [5.41, 5.74) is -0.833. The van der Waals surface area contributed by atoms with Crippen LogP contribution in [0.2, 0.25) is 0 Å². The minimum absolute atomic E-state index is 0.0463. The second-order valence-corrected chi connectivity index (χ2v) is 6.07. The molecule has 3 aliphatic rings. The lowest BCUT2D eigenvalue weighted by Crippen LogP contribution is -2.50. The van der Waals surface area contributed by atoms with Crippen molar-refractivity contribution in [2.75, 3.05) is 33.9 Å². The summed E-state index contributed by atoms with van der Waals surface area (Å²) in [6.07, 6.45) is 0.481. The first kappa shape index (κ1) is 15.9. The van der Waals surface area contributed by atoms with Gasteiger partial charge in [0.1, 0.15) is 19.4 Å². The minimum atomic E-state index is -0.833. The summed E-state index contributed by atoms with van der Waals surface area (Å²) >= 11 is 0. The average molecular weight is 314 g/mol. The van der Waals surface area contributed by atoms with E-state index in [2.05, 4.69) is 0 Å². The zero-order chi connectivity index (χ0) is 15.7. The molecule has 7 nitrogen and oxygen atoms in total. The van der Waals surface area contributed by atoms with E-state index in [0.29, 0.717) is 19.6 Å². The molecular formula is C15H22O7. The minimum Gasteiger partial charge on any atom is -0.466 e. The fourth-order valence-electron chi connectivity index (χ4n) is 4.18. The number of carbonyl (C=O) groups excluding carboxylic acids is 2. The van der Waals surface area contributed by atoms with E-state index in [1.54, 1.807) is 6.92 Å². The Balaban J connectivity index is 1.90. The Morgan fingerprint density at radius 2 is 2.27 bits per heavy atom. The highest BCUT2D eigenvalue weighted by atomic mass is 16.7. The summed E-state index contributed by atoms with van der Waals surface area (Å²) in [5, 5.41) is 0. The van der Waals surface area contributed by atoms with Crippen LogP contribution in [0, 0.1) is 17.8 Å². The van der Waals surface area contributed by atoms with Crippen LogP contribution < -0.4 is 0 Å². The van der Waals surface area contributed by atoms with Crippen molar-refractivity contribution in [3.63, 3.8) is 0 Å². The van der Waals surface area contributed by atoms with Crippen molar-refractivity contribution < 1.29 is 33.3 Å². The van der Waals surface area contributed by atoms with Crippen LogP contribution in [-0.4, -0.2) is 57.4 Å². The van der Waals surface area contributed by atoms with E-state index >= 15 is 0 Å². The second-order valence-electron chi connectivity index (χ2n) is 6.07. The van der Waals surface area contributed by atoms with E-state index in [1.807, 2.05) is 0 Å². The fourth-order valence-corrected chi connectivity index (χ4v) is 4.18. The molecule has 2 saturated carbocycles. The SMILES string of the molecule is CCOC(=O)[C@H]1[C@@H]([C@@H]2COCO2)[C@@H]2C[C@@]1(OCOC)CC2=O. The van der Waals surface area contributed by atoms with Gasteiger partial charge >= 0.3 is 5.97 Å². The van der Waals surface area contributed by atoms with Gasteiger partial charge in [-0.2, -0.15) is 0 Å². The molecule has 0 spiro atoms. The van der Waals surface area contributed by atoms with Crippen LogP contribution >= 0.6 is 0 Å². The number of carbonyl (C=O) groups is 2. The summed E-state index contributed by atoms with van der Waals surface area (Å²) in [6.45, 7) is 2.70. The molecule has 0 aromatic rings. The van der Waals surface area contributed by atoms with Gasteiger partial charge in [0.15, 0.2) is 0 Å². The smallest absolute Gasteiger partial charge is 0.312 e. The second kappa shape index (κ2) is 6.23. The van der Waals surface area contributed by atoms with Crippen molar-refractivity contribution in [2.24, 2.45) is 17.8 Å². The molecule has 0 radical (unpaired) electrons. The van der Waals surface area contributed by atoms with Gasteiger partial charge in [-0.05, 0) is 13.3 Å². The highest BCUT2D eigenvalue weighted by Crippen LogP contribution is 2.57. The Kier molecular flexibility index (Phi) is 4.49. The van der Waals surface area contributed by atoms with Gasteiger partial charge in [-0.3, -0.25) is 9.59 Å². The molecule has 1 aliphatic heterocycles. The van der Waals surface area contributed by atoms with Crippen molar-refractivity contribution in [3.05, 3.63) is 0 Å². The Labute approximate surface area is 129 Å². The summed E-state index contributed by atoms with van der Waals surface area (Å²) in [5.74, 6) is -1.21. The van der Waals surface area contributed by atoms with Crippen LogP contribution in [0.5, 0.6) is 0 Å². The van der Waals surface area contributed by atoms with Crippen LogP contribution in [0.3, 0.4) is 0 Å². The van der Waals surface area contributed by atoms with Crippen molar-refractivity contribution in [2.45, 2.75) is 31.5 Å². The molecule has 0 unspecified atom stereocenters. The zero-order valence-corrected chi connectivity index (χ0v) is 12.9. The van der Waals surface area contributed by atoms with E-state index in [4.69, 9.17) is 23.7 Å². The normalized spacial score (nSPS) is 40.4. The largest absolute Gasteiger partial charge is 0.466 e. The molecule has 2 aliphatic carbocycles. The Bertz CT molecular complexity index is 445. The summed E-state index contributed by atoms with van der Waals surface area (Å²) < 4.78 is 26.9. The molecular weight excluding hydrogens is 292 g/mol. The van der Waals surface area contributed by atoms with E-state index in [1.165, 1.54) is 7.11 Å². The topological polar surface area (TPSA) is 80.3 Å². The van der Waals surface area contributed by atoms with Crippen LogP contribution in [0.15, 0.2) is 0 Å². The van der Waals surface area contributed by atoms with Crippen LogP contribution in [0.4, 0.5) is 0 Å². The molecule has 0 aromatic carbocycles. The van der Waals surface area contributed by atoms with Crippen molar-refractivity contribution in [3.8, 4) is 0 Å². The number of hydrogen-bond acceptors (Lipinski definition) is 7. The lowest BCUT2D eigenvalue weighted by molar-refractivity contribution is -0.185. The maximum atomic E-state index is 12.5. The first-order valence-electron chi connectivity index (χ1n) is 7.64. The van der Waals surface area contributed by atoms with Gasteiger partial charge in [0.2, 0.25) is 0 Å². The number of fused-ring (bicyclic) bond motifs is 2. The number of Topliss-reactive ketones (excluding diaryl/α,β-unsaturated/α-hetero) is 1. The molecule has 0 N–H and O–H groups in total. The number of ether oxygens (including phenoxy) is 5. The lowest BCUT2D eigenvalue weighted by Gasteiger charge is -2.38. The Morgan fingerprint density at radius 1 is 1.45 bits per heavy atom. The predicted molar refractivity (Wildman–Crippen MR) is 72.7 cm³/mol. The summed E-state index contributed by atoms with van der Waals surface area (Å²) in [6, 6.07) is 0. The number of rotatable bonds is 6. The van der Waals surface area contributed by atoms with Crippen molar-refractivity contribution >= 4 is 11.8 Å². The van der Waals surface area contributed by atoms with Gasteiger partial charge in [0.05, 0.1) is 30.8 Å². The van der Waals surface area contributed by atoms with Crippen molar-refractivity contribution in [1.82, 2.24) is 0 Å². The maximum absolute atomic E-state index is 12.5. The molecule has 1 heterocycles. The molecule has 3 rings (SSSR count). The van der Waals surface area contributed by atoms with E-state index < -0.39 is 11.5 Å². The van der Waals surface area contributed by atoms with E-state index in [0.717, 1.165) is 0 Å². The molecule has 5 atom stereocenters. The fraction of sp³-hybridized carbons (Fsp3) is 0.867. The number of esters is 1. The number of methoxy groups -OCH3 is 1. The third kappa shape index (κ3) is 2.46. The van der Waals surface area contributed by atoms with Gasteiger partial charge < -0.3 is 23.7 Å². The first-order valence-corrected chi connectivity index (χ1v) is 7.64. The average Bonchev–Trinajstić information content (AvgIpc) is 3.18. The number of ketones is 1. The van der Waals surface area contributed by atoms with Crippen LogP contribution in [0.25, 0.3) is 0 Å². The van der Waals surface area contributed by atoms with Gasteiger partial charge in [0.25, 0.3) is 0 Å². The van der Waals surface area contributed by atoms with E-state index in [9.17, 15) is 9.59 Å². The molecule has 2 bridgehead atoms. The standard InChI is InChI=1S/C15H22O7/c1-3-20-14(17)13-12(11-6-19-8-21-11)9-4-15(13,5-10(9)16)22-7-18-2/h9,11-13H,3-8H2,1-2H3/t9-,11+,12-,13-,15-/m1/s1. The highest BCUT2D eigenvalue weighted by molar-refractivity contribution is 5.90. The molecule has 7 heteroatoms. The lowest BCUT2D eigenvalue weighted by atomic mass is 9.73. The zero-order valence-electron chi connectivity index (χ0n) is 12.9. The van der Waals surface area contributed by atoms with Gasteiger partial charge in [0, 0.05) is 25.4 Å².